The van der Waals surface area contributed by atoms with Crippen LogP contribution in [0.4, 0.5) is 0 Å². The van der Waals surface area contributed by atoms with E-state index in [0.717, 1.165) is 22.3 Å². The van der Waals surface area contributed by atoms with Crippen molar-refractivity contribution >= 4 is 11.0 Å². The summed E-state index contributed by atoms with van der Waals surface area (Å²) in [6, 6.07) is 5.69. The molecule has 0 radical (unpaired) electrons. The highest BCUT2D eigenvalue weighted by molar-refractivity contribution is 5.87. The summed E-state index contributed by atoms with van der Waals surface area (Å²) >= 11 is 0. The number of nitrogens with two attached hydrogens (primary N) is 1. The van der Waals surface area contributed by atoms with Crippen molar-refractivity contribution in [3.63, 3.8) is 0 Å². The molecule has 0 saturated heterocycles. The van der Waals surface area contributed by atoms with Gasteiger partial charge in [0, 0.05) is 12.1 Å². The van der Waals surface area contributed by atoms with Crippen molar-refractivity contribution < 1.29 is 9.15 Å². The van der Waals surface area contributed by atoms with E-state index in [4.69, 9.17) is 14.9 Å². The van der Waals surface area contributed by atoms with E-state index in [9.17, 15) is 0 Å². The zero-order valence-electron chi connectivity index (χ0n) is 7.41. The van der Waals surface area contributed by atoms with E-state index in [2.05, 4.69) is 0 Å². The van der Waals surface area contributed by atoms with E-state index < -0.39 is 0 Å². The summed E-state index contributed by atoms with van der Waals surface area (Å²) in [7, 11) is 1.64. The van der Waals surface area contributed by atoms with Crippen molar-refractivity contribution in [2.24, 2.45) is 5.73 Å². The van der Waals surface area contributed by atoms with Gasteiger partial charge in [0.05, 0.1) is 18.8 Å². The predicted molar refractivity (Wildman–Crippen MR) is 50.7 cm³/mol. The van der Waals surface area contributed by atoms with Crippen molar-refractivity contribution in [3.05, 3.63) is 30.0 Å². The molecule has 0 bridgehead atoms. The molecular weight excluding hydrogens is 166 g/mol. The molecule has 0 fully saturated rings. The van der Waals surface area contributed by atoms with Gasteiger partial charge in [0.15, 0.2) is 0 Å². The van der Waals surface area contributed by atoms with Crippen molar-refractivity contribution in [3.8, 4) is 5.75 Å². The summed E-state index contributed by atoms with van der Waals surface area (Å²) in [5.74, 6) is 0.812. The molecule has 0 atom stereocenters. The summed E-state index contributed by atoms with van der Waals surface area (Å²) in [5.41, 5.74) is 7.37. The van der Waals surface area contributed by atoms with E-state index in [1.165, 1.54) is 0 Å². The van der Waals surface area contributed by atoms with Crippen LogP contribution < -0.4 is 10.5 Å². The lowest BCUT2D eigenvalue weighted by Crippen LogP contribution is -1.95. The first kappa shape index (κ1) is 8.13. The molecule has 0 aliphatic rings. The Morgan fingerprint density at radius 3 is 3.00 bits per heavy atom. The van der Waals surface area contributed by atoms with Gasteiger partial charge in [-0.25, -0.2) is 0 Å². The molecule has 1 heterocycles. The standard InChI is InChI=1S/C10H11NO2/c1-12-8-3-2-4-9-10(8)7(5-11)6-13-9/h2-4,6H,5,11H2,1H3. The Balaban J connectivity index is 2.76. The van der Waals surface area contributed by atoms with Crippen LogP contribution >= 0.6 is 0 Å². The van der Waals surface area contributed by atoms with Crippen molar-refractivity contribution in [1.29, 1.82) is 0 Å². The molecule has 1 aromatic carbocycles. The number of benzene rings is 1. The number of ether oxygens (including phenoxy) is 1. The number of rotatable bonds is 2. The smallest absolute Gasteiger partial charge is 0.137 e. The lowest BCUT2D eigenvalue weighted by Gasteiger charge is -2.01. The molecule has 68 valence electrons. The van der Waals surface area contributed by atoms with Gasteiger partial charge in [-0.1, -0.05) is 6.07 Å². The molecular formula is C10H11NO2. The van der Waals surface area contributed by atoms with E-state index in [1.54, 1.807) is 13.4 Å². The molecule has 2 N–H and O–H groups in total. The largest absolute Gasteiger partial charge is 0.496 e. The maximum Gasteiger partial charge on any atom is 0.137 e. The molecule has 2 aromatic rings. The quantitative estimate of drug-likeness (QED) is 0.762. The van der Waals surface area contributed by atoms with Gasteiger partial charge < -0.3 is 14.9 Å². The second-order valence-corrected chi connectivity index (χ2v) is 2.80. The predicted octanol–water partition coefficient (Wildman–Crippen LogP) is 1.90. The average molecular weight is 177 g/mol. The molecule has 3 heteroatoms. The van der Waals surface area contributed by atoms with Crippen LogP contribution in [0.3, 0.4) is 0 Å². The van der Waals surface area contributed by atoms with Gasteiger partial charge >= 0.3 is 0 Å². The first-order valence-electron chi connectivity index (χ1n) is 4.10. The fourth-order valence-corrected chi connectivity index (χ4v) is 1.44. The van der Waals surface area contributed by atoms with Crippen LogP contribution in [0.5, 0.6) is 5.75 Å². The monoisotopic (exact) mass is 177 g/mol. The molecule has 1 aromatic heterocycles. The third-order valence-electron chi connectivity index (χ3n) is 2.08. The summed E-state index contributed by atoms with van der Waals surface area (Å²) < 4.78 is 10.5. The van der Waals surface area contributed by atoms with Gasteiger partial charge in [-0.15, -0.1) is 0 Å². The summed E-state index contributed by atoms with van der Waals surface area (Å²) in [4.78, 5) is 0. The van der Waals surface area contributed by atoms with Gasteiger partial charge in [-0.2, -0.15) is 0 Å². The maximum absolute atomic E-state index is 5.57. The topological polar surface area (TPSA) is 48.4 Å². The fraction of sp³-hybridized carbons (Fsp3) is 0.200. The highest BCUT2D eigenvalue weighted by Crippen LogP contribution is 2.29. The SMILES string of the molecule is COc1cccc2occ(CN)c12. The van der Waals surface area contributed by atoms with Crippen LogP contribution in [-0.4, -0.2) is 7.11 Å². The van der Waals surface area contributed by atoms with E-state index in [1.807, 2.05) is 18.2 Å². The van der Waals surface area contributed by atoms with Gasteiger partial charge in [-0.3, -0.25) is 0 Å². The first-order chi connectivity index (χ1) is 6.36. The molecule has 13 heavy (non-hydrogen) atoms. The van der Waals surface area contributed by atoms with Crippen LogP contribution in [0, 0.1) is 0 Å². The van der Waals surface area contributed by atoms with Crippen molar-refractivity contribution in [2.45, 2.75) is 6.54 Å². The van der Waals surface area contributed by atoms with Crippen LogP contribution in [0.15, 0.2) is 28.9 Å². The minimum absolute atomic E-state index is 0.466. The maximum atomic E-state index is 5.57. The Hall–Kier alpha value is -1.48. The van der Waals surface area contributed by atoms with Crippen LogP contribution in [0.1, 0.15) is 5.56 Å². The van der Waals surface area contributed by atoms with E-state index >= 15 is 0 Å². The third kappa shape index (κ3) is 1.17. The molecule has 0 spiro atoms. The number of fused-ring (bicyclic) bond motifs is 1. The van der Waals surface area contributed by atoms with Gasteiger partial charge in [-0.05, 0) is 12.1 Å². The summed E-state index contributed by atoms with van der Waals surface area (Å²) in [6.45, 7) is 0.466. The minimum Gasteiger partial charge on any atom is -0.496 e. The number of furan rings is 1. The second kappa shape index (κ2) is 3.11. The Bertz CT molecular complexity index is 420. The van der Waals surface area contributed by atoms with Crippen LogP contribution in [0.2, 0.25) is 0 Å². The van der Waals surface area contributed by atoms with Gasteiger partial charge in [0.2, 0.25) is 0 Å². The number of hydrogen-bond donors (Lipinski definition) is 1. The highest BCUT2D eigenvalue weighted by atomic mass is 16.5. The van der Waals surface area contributed by atoms with Crippen molar-refractivity contribution in [1.82, 2.24) is 0 Å². The lowest BCUT2D eigenvalue weighted by molar-refractivity contribution is 0.419. The molecule has 0 saturated carbocycles. The number of methoxy groups -OCH3 is 1. The molecule has 0 unspecified atom stereocenters. The molecule has 3 nitrogen and oxygen atoms in total. The van der Waals surface area contributed by atoms with Crippen LogP contribution in [0.25, 0.3) is 11.0 Å². The summed E-state index contributed by atoms with van der Waals surface area (Å²) in [6.07, 6.45) is 1.67. The lowest BCUT2D eigenvalue weighted by atomic mass is 10.1. The average Bonchev–Trinajstić information content (AvgIpc) is 2.60. The first-order valence-corrected chi connectivity index (χ1v) is 4.10. The van der Waals surface area contributed by atoms with Crippen molar-refractivity contribution in [2.75, 3.05) is 7.11 Å². The van der Waals surface area contributed by atoms with Gasteiger partial charge in [0.25, 0.3) is 0 Å². The Kier molecular flexibility index (Phi) is 1.94. The third-order valence-corrected chi connectivity index (χ3v) is 2.08. The van der Waals surface area contributed by atoms with Crippen LogP contribution in [-0.2, 0) is 6.54 Å². The molecule has 0 aliphatic carbocycles. The molecule has 0 aliphatic heterocycles. The Morgan fingerprint density at radius 1 is 1.46 bits per heavy atom. The second-order valence-electron chi connectivity index (χ2n) is 2.80. The Labute approximate surface area is 76.1 Å². The number of hydrogen-bond acceptors (Lipinski definition) is 3. The van der Waals surface area contributed by atoms with E-state index in [0.29, 0.717) is 6.54 Å². The molecule has 0 amide bonds. The summed E-state index contributed by atoms with van der Waals surface area (Å²) in [5, 5.41) is 0.979. The normalized spacial score (nSPS) is 10.6. The Morgan fingerprint density at radius 2 is 2.31 bits per heavy atom. The molecule has 2 rings (SSSR count). The van der Waals surface area contributed by atoms with Gasteiger partial charge in [0.1, 0.15) is 11.3 Å². The minimum atomic E-state index is 0.466. The zero-order valence-corrected chi connectivity index (χ0v) is 7.41. The fourth-order valence-electron chi connectivity index (χ4n) is 1.44. The highest BCUT2D eigenvalue weighted by Gasteiger charge is 2.08. The van der Waals surface area contributed by atoms with E-state index in [-0.39, 0.29) is 0 Å². The zero-order chi connectivity index (χ0) is 9.26.